The molecule has 0 aromatic heterocycles. The molecule has 0 aliphatic rings. The number of hydrogen-bond donors (Lipinski definition) is 1. The summed E-state index contributed by atoms with van der Waals surface area (Å²) in [6, 6.07) is -2.92. The Morgan fingerprint density at radius 3 is 1.05 bits per heavy atom. The highest BCUT2D eigenvalue weighted by atomic mass is 32.5. The minimum atomic E-state index is -10.6. The third-order valence-electron chi connectivity index (χ3n) is 1.76. The summed E-state index contributed by atoms with van der Waals surface area (Å²) in [4.78, 5) is -6.49. The Morgan fingerprint density at radius 1 is 0.579 bits per heavy atom. The molecule has 0 fully saturated rings. The van der Waals surface area contributed by atoms with E-state index in [9.17, 15) is 38.9 Å². The van der Waals surface area contributed by atoms with Crippen LogP contribution in [0.5, 0.6) is 5.75 Å². The molecule has 1 rings (SSSR count). The Hall–Kier alpha value is -0.980. The van der Waals surface area contributed by atoms with E-state index in [2.05, 4.69) is 0 Å². The molecule has 0 atom stereocenters. The number of halogens is 10. The van der Waals surface area contributed by atoms with Crippen molar-refractivity contribution < 1.29 is 44.0 Å². The molecule has 1 N–H and O–H groups in total. The molecule has 0 aliphatic carbocycles. The van der Waals surface area contributed by atoms with Crippen LogP contribution in [0.2, 0.25) is 0 Å². The van der Waals surface area contributed by atoms with Gasteiger partial charge < -0.3 is 5.11 Å². The van der Waals surface area contributed by atoms with E-state index in [0.29, 0.717) is 0 Å². The summed E-state index contributed by atoms with van der Waals surface area (Å²) in [5.41, 5.74) is 0. The van der Waals surface area contributed by atoms with Crippen LogP contribution in [0.25, 0.3) is 0 Å². The predicted molar refractivity (Wildman–Crippen MR) is 50.9 cm³/mol. The number of phenolic OH excluding ortho intramolecular Hbond substituents is 1. The molecule has 116 valence electrons. The van der Waals surface area contributed by atoms with E-state index >= 15 is 0 Å². The van der Waals surface area contributed by atoms with Gasteiger partial charge >= 0.3 is 20.4 Å². The van der Waals surface area contributed by atoms with Crippen molar-refractivity contribution in [1.82, 2.24) is 0 Å². The van der Waals surface area contributed by atoms with E-state index in [1.54, 1.807) is 0 Å². The van der Waals surface area contributed by atoms with Gasteiger partial charge in [-0.2, -0.15) is 0 Å². The molecule has 0 amide bonds. The summed E-state index contributed by atoms with van der Waals surface area (Å²) < 4.78 is 122. The van der Waals surface area contributed by atoms with Crippen molar-refractivity contribution in [2.75, 3.05) is 0 Å². The predicted octanol–water partition coefficient (Wildman–Crippen LogP) is 6.71. The van der Waals surface area contributed by atoms with Crippen molar-refractivity contribution in [3.05, 3.63) is 18.2 Å². The van der Waals surface area contributed by atoms with Gasteiger partial charge in [-0.3, -0.25) is 0 Å². The molecule has 13 heteroatoms. The van der Waals surface area contributed by atoms with Crippen molar-refractivity contribution in [3.63, 3.8) is 0 Å². The topological polar surface area (TPSA) is 20.2 Å². The molecule has 0 spiro atoms. The summed E-state index contributed by atoms with van der Waals surface area (Å²) in [6.45, 7) is 0. The Morgan fingerprint density at radius 2 is 0.842 bits per heavy atom. The second-order valence-electron chi connectivity index (χ2n) is 3.60. The Bertz CT molecular complexity index is 505. The summed E-state index contributed by atoms with van der Waals surface area (Å²) in [5, 5.41) is 8.55. The van der Waals surface area contributed by atoms with E-state index in [1.165, 1.54) is 0 Å². The van der Waals surface area contributed by atoms with Gasteiger partial charge in [-0.15, -0.1) is 0 Å². The lowest BCUT2D eigenvalue weighted by atomic mass is 10.3. The fourth-order valence-electron chi connectivity index (χ4n) is 1.00. The van der Waals surface area contributed by atoms with Gasteiger partial charge in [-0.05, 0) is 6.07 Å². The third kappa shape index (κ3) is 3.99. The summed E-state index contributed by atoms with van der Waals surface area (Å²) in [7, 11) is -21.3. The van der Waals surface area contributed by atoms with Gasteiger partial charge in [-0.1, -0.05) is 38.9 Å². The van der Waals surface area contributed by atoms with Crippen molar-refractivity contribution >= 4 is 20.4 Å². The zero-order chi connectivity index (χ0) is 15.7. The smallest absolute Gasteiger partial charge is 0.310 e. The van der Waals surface area contributed by atoms with Crippen LogP contribution in [-0.2, 0) is 0 Å². The van der Waals surface area contributed by atoms with Crippen LogP contribution in [0, 0.1) is 0 Å². The van der Waals surface area contributed by atoms with E-state index in [0.717, 1.165) is 0 Å². The molecule has 1 aromatic carbocycles. The van der Waals surface area contributed by atoms with Crippen molar-refractivity contribution in [1.29, 1.82) is 0 Å². The number of benzene rings is 1. The zero-order valence-electron chi connectivity index (χ0n) is 8.28. The Balaban J connectivity index is 3.79. The van der Waals surface area contributed by atoms with Gasteiger partial charge in [0.05, 0.1) is 0 Å². The molecule has 0 saturated heterocycles. The van der Waals surface area contributed by atoms with Crippen molar-refractivity contribution in [3.8, 4) is 5.75 Å². The van der Waals surface area contributed by atoms with Crippen LogP contribution in [0.1, 0.15) is 0 Å². The SMILES string of the molecule is Oc1cc(S(F)(F)(F)(F)F)cc(S(F)(F)(F)(F)F)c1. The van der Waals surface area contributed by atoms with Crippen LogP contribution in [0.15, 0.2) is 28.0 Å². The first kappa shape index (κ1) is 16.1. The maximum absolute atomic E-state index is 12.2. The maximum atomic E-state index is 12.2. The second-order valence-corrected chi connectivity index (χ2v) is 8.42. The lowest BCUT2D eigenvalue weighted by molar-refractivity contribution is 0.357. The van der Waals surface area contributed by atoms with Gasteiger partial charge in [0.2, 0.25) is 0 Å². The Labute approximate surface area is 98.8 Å². The minimum absolute atomic E-state index is 0.755. The van der Waals surface area contributed by atoms with Crippen LogP contribution in [-0.4, -0.2) is 5.11 Å². The van der Waals surface area contributed by atoms with Crippen LogP contribution in [0.4, 0.5) is 38.9 Å². The quantitative estimate of drug-likeness (QED) is 0.590. The van der Waals surface area contributed by atoms with E-state index < -0.39 is 54.2 Å². The van der Waals surface area contributed by atoms with Gasteiger partial charge in [0.1, 0.15) is 15.5 Å². The molecule has 1 nitrogen and oxygen atoms in total. The van der Waals surface area contributed by atoms with Crippen LogP contribution >= 0.6 is 20.4 Å². The normalized spacial score (nSPS) is 20.9. The third-order valence-corrected chi connectivity index (χ3v) is 4.01. The highest BCUT2D eigenvalue weighted by Gasteiger charge is 2.69. The second kappa shape index (κ2) is 2.60. The largest absolute Gasteiger partial charge is 0.508 e. The lowest BCUT2D eigenvalue weighted by Gasteiger charge is -2.43. The average Bonchev–Trinajstić information content (AvgIpc) is 1.93. The van der Waals surface area contributed by atoms with Gasteiger partial charge in [0, 0.05) is 12.1 Å². The molecule has 0 radical (unpaired) electrons. The summed E-state index contributed by atoms with van der Waals surface area (Å²) >= 11 is 0. The molecule has 0 saturated carbocycles. The van der Waals surface area contributed by atoms with Gasteiger partial charge in [0.15, 0.2) is 0 Å². The minimum Gasteiger partial charge on any atom is -0.508 e. The molecule has 1 aromatic rings. The molecular formula is C6H4F10OS2. The first-order valence-corrected chi connectivity index (χ1v) is 7.81. The zero-order valence-corrected chi connectivity index (χ0v) is 9.91. The van der Waals surface area contributed by atoms with E-state index in [-0.39, 0.29) is 0 Å². The molecule has 19 heavy (non-hydrogen) atoms. The van der Waals surface area contributed by atoms with E-state index in [1.807, 2.05) is 0 Å². The van der Waals surface area contributed by atoms with Crippen LogP contribution < -0.4 is 0 Å². The number of rotatable bonds is 2. The standard InChI is InChI=1S/C6H4F10OS2/c7-18(8,9,10,11)5-1-4(17)2-6(3-5)19(12,13,14,15)16/h1-3,17H. The fraction of sp³-hybridized carbons (Fsp3) is 0. The summed E-state index contributed by atoms with van der Waals surface area (Å²) in [5.74, 6) is -2.01. The van der Waals surface area contributed by atoms with Gasteiger partial charge in [-0.25, -0.2) is 0 Å². The number of aromatic hydroxyl groups is 1. The highest BCUT2D eigenvalue weighted by Crippen LogP contribution is 3.05. The first-order valence-electron chi connectivity index (χ1n) is 3.91. The van der Waals surface area contributed by atoms with Gasteiger partial charge in [0.25, 0.3) is 0 Å². The number of hydrogen-bond acceptors (Lipinski definition) is 1. The molecule has 0 unspecified atom stereocenters. The number of phenols is 1. The average molecular weight is 346 g/mol. The van der Waals surface area contributed by atoms with E-state index in [4.69, 9.17) is 5.11 Å². The maximum Gasteiger partial charge on any atom is 0.310 e. The fourth-order valence-corrected chi connectivity index (χ4v) is 2.46. The highest BCUT2D eigenvalue weighted by molar-refractivity contribution is 8.46. The summed E-state index contributed by atoms with van der Waals surface area (Å²) in [6.07, 6.45) is 0. The lowest BCUT2D eigenvalue weighted by Crippen LogP contribution is -2.10. The molecule has 0 bridgehead atoms. The monoisotopic (exact) mass is 346 g/mol. The van der Waals surface area contributed by atoms with Crippen molar-refractivity contribution in [2.24, 2.45) is 0 Å². The van der Waals surface area contributed by atoms with Crippen LogP contribution in [0.3, 0.4) is 0 Å². The molecule has 0 aliphatic heterocycles. The Kier molecular flexibility index (Phi) is 2.20. The first-order chi connectivity index (χ1) is 7.58. The molecule has 0 heterocycles. The van der Waals surface area contributed by atoms with Crippen molar-refractivity contribution in [2.45, 2.75) is 9.79 Å². The molecular weight excluding hydrogens is 342 g/mol.